The molecule has 13 heavy (non-hydrogen) atoms. The Kier molecular flexibility index (Phi) is 2.02. The van der Waals surface area contributed by atoms with Crippen LogP contribution in [0.5, 0.6) is 0 Å². The lowest BCUT2D eigenvalue weighted by Gasteiger charge is -1.88. The van der Waals surface area contributed by atoms with E-state index in [0.29, 0.717) is 0 Å². The summed E-state index contributed by atoms with van der Waals surface area (Å²) in [7, 11) is 0. The van der Waals surface area contributed by atoms with E-state index < -0.39 is 0 Å². The Bertz CT molecular complexity index is 459. The van der Waals surface area contributed by atoms with Crippen LogP contribution in [0.25, 0.3) is 10.1 Å². The van der Waals surface area contributed by atoms with Crippen molar-refractivity contribution >= 4 is 27.6 Å². The molecule has 2 aromatic rings. The van der Waals surface area contributed by atoms with Gasteiger partial charge in [0.05, 0.1) is 11.1 Å². The molecule has 1 aromatic heterocycles. The molecule has 0 aliphatic carbocycles. The Balaban J connectivity index is 2.73. The van der Waals surface area contributed by atoms with Crippen LogP contribution in [0, 0.1) is 6.92 Å². The SMILES string of the molecule is Cc1c(C=NO)sc2ccccc12. The highest BCUT2D eigenvalue weighted by Gasteiger charge is 2.04. The third-order valence-corrected chi connectivity index (χ3v) is 3.26. The van der Waals surface area contributed by atoms with Crippen molar-refractivity contribution in [2.75, 3.05) is 0 Å². The van der Waals surface area contributed by atoms with Crippen molar-refractivity contribution in [3.63, 3.8) is 0 Å². The van der Waals surface area contributed by atoms with Crippen molar-refractivity contribution < 1.29 is 5.21 Å². The Morgan fingerprint density at radius 2 is 2.15 bits per heavy atom. The second-order valence-corrected chi connectivity index (χ2v) is 3.92. The molecular formula is C10H9NOS. The number of benzene rings is 1. The minimum absolute atomic E-state index is 1.02. The molecule has 66 valence electrons. The molecule has 0 radical (unpaired) electrons. The van der Waals surface area contributed by atoms with Gasteiger partial charge in [-0.2, -0.15) is 0 Å². The molecule has 1 N–H and O–H groups in total. The number of rotatable bonds is 1. The molecule has 1 heterocycles. The molecule has 0 fully saturated rings. The zero-order chi connectivity index (χ0) is 9.26. The van der Waals surface area contributed by atoms with Crippen LogP contribution in [0.3, 0.4) is 0 Å². The molecule has 0 atom stereocenters. The van der Waals surface area contributed by atoms with E-state index in [1.165, 1.54) is 21.9 Å². The normalized spacial score (nSPS) is 11.5. The van der Waals surface area contributed by atoms with Gasteiger partial charge in [-0.1, -0.05) is 23.4 Å². The van der Waals surface area contributed by atoms with Crippen LogP contribution in [0.15, 0.2) is 29.4 Å². The van der Waals surface area contributed by atoms with Gasteiger partial charge in [0, 0.05) is 4.70 Å². The van der Waals surface area contributed by atoms with Gasteiger partial charge in [0.1, 0.15) is 0 Å². The van der Waals surface area contributed by atoms with E-state index in [4.69, 9.17) is 5.21 Å². The number of fused-ring (bicyclic) bond motifs is 1. The van der Waals surface area contributed by atoms with Gasteiger partial charge in [-0.15, -0.1) is 11.3 Å². The van der Waals surface area contributed by atoms with Crippen LogP contribution in [0.4, 0.5) is 0 Å². The number of hydrogen-bond donors (Lipinski definition) is 1. The van der Waals surface area contributed by atoms with Crippen molar-refractivity contribution in [1.82, 2.24) is 0 Å². The van der Waals surface area contributed by atoms with Gasteiger partial charge in [-0.3, -0.25) is 0 Å². The summed E-state index contributed by atoms with van der Waals surface area (Å²) in [5.74, 6) is 0. The second-order valence-electron chi connectivity index (χ2n) is 2.83. The lowest BCUT2D eigenvalue weighted by molar-refractivity contribution is 0.322. The maximum absolute atomic E-state index is 8.45. The van der Waals surface area contributed by atoms with Gasteiger partial charge in [0.15, 0.2) is 0 Å². The zero-order valence-electron chi connectivity index (χ0n) is 7.19. The Hall–Kier alpha value is -1.35. The average Bonchev–Trinajstić information content (AvgIpc) is 2.46. The van der Waals surface area contributed by atoms with Crippen LogP contribution < -0.4 is 0 Å². The highest BCUT2D eigenvalue weighted by Crippen LogP contribution is 2.28. The monoisotopic (exact) mass is 191 g/mol. The lowest BCUT2D eigenvalue weighted by Crippen LogP contribution is -1.77. The maximum atomic E-state index is 8.45. The summed E-state index contributed by atoms with van der Waals surface area (Å²) >= 11 is 1.64. The summed E-state index contributed by atoms with van der Waals surface area (Å²) in [6.07, 6.45) is 1.49. The fourth-order valence-corrected chi connectivity index (χ4v) is 2.45. The van der Waals surface area contributed by atoms with Crippen molar-refractivity contribution in [3.8, 4) is 0 Å². The first-order chi connectivity index (χ1) is 6.33. The Labute approximate surface area is 80.1 Å². The minimum atomic E-state index is 1.02. The first-order valence-electron chi connectivity index (χ1n) is 3.98. The smallest absolute Gasteiger partial charge is 0.0836 e. The molecule has 0 bridgehead atoms. The number of aryl methyl sites for hydroxylation is 1. The van der Waals surface area contributed by atoms with E-state index in [9.17, 15) is 0 Å². The predicted molar refractivity (Wildman–Crippen MR) is 55.9 cm³/mol. The predicted octanol–water partition coefficient (Wildman–Crippen LogP) is 3.02. The van der Waals surface area contributed by atoms with Gasteiger partial charge in [-0.25, -0.2) is 0 Å². The number of hydrogen-bond acceptors (Lipinski definition) is 3. The average molecular weight is 191 g/mol. The molecule has 2 nitrogen and oxygen atoms in total. The molecule has 1 aromatic carbocycles. The quantitative estimate of drug-likeness (QED) is 0.419. The molecular weight excluding hydrogens is 182 g/mol. The van der Waals surface area contributed by atoms with Crippen LogP contribution in [0.2, 0.25) is 0 Å². The van der Waals surface area contributed by atoms with E-state index in [0.717, 1.165) is 4.88 Å². The largest absolute Gasteiger partial charge is 0.411 e. The summed E-state index contributed by atoms with van der Waals surface area (Å²) in [5.41, 5.74) is 1.18. The first-order valence-corrected chi connectivity index (χ1v) is 4.80. The lowest BCUT2D eigenvalue weighted by atomic mass is 10.1. The van der Waals surface area contributed by atoms with Gasteiger partial charge in [-0.05, 0) is 23.9 Å². The fraction of sp³-hybridized carbons (Fsp3) is 0.100. The highest BCUT2D eigenvalue weighted by molar-refractivity contribution is 7.20. The minimum Gasteiger partial charge on any atom is -0.411 e. The molecule has 0 saturated carbocycles. The third kappa shape index (κ3) is 1.31. The zero-order valence-corrected chi connectivity index (χ0v) is 8.01. The van der Waals surface area contributed by atoms with E-state index in [1.54, 1.807) is 11.3 Å². The number of thiophene rings is 1. The van der Waals surface area contributed by atoms with Crippen LogP contribution in [-0.2, 0) is 0 Å². The molecule has 3 heteroatoms. The molecule has 0 amide bonds. The van der Waals surface area contributed by atoms with Gasteiger partial charge in [0.2, 0.25) is 0 Å². The summed E-state index contributed by atoms with van der Waals surface area (Å²) in [4.78, 5) is 1.02. The standard InChI is InChI=1S/C10H9NOS/c1-7-8-4-2-3-5-9(8)13-10(7)6-11-12/h2-6,12H,1H3. The Morgan fingerprint density at radius 3 is 2.85 bits per heavy atom. The van der Waals surface area contributed by atoms with Crippen molar-refractivity contribution in [2.24, 2.45) is 5.16 Å². The van der Waals surface area contributed by atoms with Crippen LogP contribution in [0.1, 0.15) is 10.4 Å². The van der Waals surface area contributed by atoms with E-state index >= 15 is 0 Å². The fourth-order valence-electron chi connectivity index (χ4n) is 1.37. The van der Waals surface area contributed by atoms with E-state index in [1.807, 2.05) is 19.1 Å². The first kappa shape index (κ1) is 8.26. The third-order valence-electron chi connectivity index (χ3n) is 2.06. The molecule has 0 aliphatic rings. The second kappa shape index (κ2) is 3.18. The summed E-state index contributed by atoms with van der Waals surface area (Å²) in [5, 5.41) is 12.7. The molecule has 0 saturated heterocycles. The summed E-state index contributed by atoms with van der Waals surface area (Å²) in [6.45, 7) is 2.04. The van der Waals surface area contributed by atoms with Gasteiger partial charge < -0.3 is 5.21 Å². The topological polar surface area (TPSA) is 32.6 Å². The van der Waals surface area contributed by atoms with E-state index in [-0.39, 0.29) is 0 Å². The maximum Gasteiger partial charge on any atom is 0.0836 e. The summed E-state index contributed by atoms with van der Waals surface area (Å²) in [6, 6.07) is 8.18. The van der Waals surface area contributed by atoms with E-state index in [2.05, 4.69) is 17.3 Å². The Morgan fingerprint density at radius 1 is 1.38 bits per heavy atom. The number of nitrogens with zero attached hydrogens (tertiary/aromatic N) is 1. The molecule has 2 rings (SSSR count). The molecule has 0 unspecified atom stereocenters. The molecule has 0 spiro atoms. The van der Waals surface area contributed by atoms with Crippen molar-refractivity contribution in [2.45, 2.75) is 6.92 Å². The highest BCUT2D eigenvalue weighted by atomic mass is 32.1. The molecule has 0 aliphatic heterocycles. The van der Waals surface area contributed by atoms with Crippen molar-refractivity contribution in [1.29, 1.82) is 0 Å². The summed E-state index contributed by atoms with van der Waals surface area (Å²) < 4.78 is 1.23. The van der Waals surface area contributed by atoms with Crippen LogP contribution in [-0.4, -0.2) is 11.4 Å². The number of oxime groups is 1. The van der Waals surface area contributed by atoms with Crippen molar-refractivity contribution in [3.05, 3.63) is 34.7 Å². The van der Waals surface area contributed by atoms with Gasteiger partial charge >= 0.3 is 0 Å². The van der Waals surface area contributed by atoms with Gasteiger partial charge in [0.25, 0.3) is 0 Å². The van der Waals surface area contributed by atoms with Crippen LogP contribution >= 0.6 is 11.3 Å².